The molecule has 0 saturated carbocycles. The number of halogens is 1. The number of rotatable bonds is 5. The number of nitrogens with one attached hydrogen (secondary N) is 1. The fourth-order valence-corrected chi connectivity index (χ4v) is 4.86. The third kappa shape index (κ3) is 4.00. The van der Waals surface area contributed by atoms with Gasteiger partial charge in [-0.05, 0) is 36.4 Å². The molecule has 0 aliphatic carbocycles. The van der Waals surface area contributed by atoms with Gasteiger partial charge in [0, 0.05) is 42.7 Å². The Bertz CT molecular complexity index is 1220. The number of methoxy groups -OCH3 is 1. The average molecular weight is 453 g/mol. The maximum absolute atomic E-state index is 6.43. The molecule has 1 N–H and O–H groups in total. The van der Waals surface area contributed by atoms with Crippen molar-refractivity contribution < 1.29 is 4.74 Å². The van der Waals surface area contributed by atoms with Gasteiger partial charge in [-0.1, -0.05) is 17.7 Å². The maximum atomic E-state index is 6.43. The van der Waals surface area contributed by atoms with Crippen molar-refractivity contribution in [2.75, 3.05) is 41.9 Å². The van der Waals surface area contributed by atoms with Gasteiger partial charge in [0.25, 0.3) is 0 Å². The number of thioether (sulfide) groups is 1. The molecule has 0 bridgehead atoms. The van der Waals surface area contributed by atoms with Crippen LogP contribution >= 0.6 is 23.4 Å². The van der Waals surface area contributed by atoms with Gasteiger partial charge >= 0.3 is 0 Å². The minimum atomic E-state index is 0.401. The lowest BCUT2D eigenvalue weighted by molar-refractivity contribution is 0.417. The number of nitrogens with zero attached hydrogens (tertiary/aromatic N) is 5. The van der Waals surface area contributed by atoms with E-state index in [0.29, 0.717) is 16.8 Å². The molecule has 0 radical (unpaired) electrons. The molecule has 31 heavy (non-hydrogen) atoms. The van der Waals surface area contributed by atoms with Gasteiger partial charge < -0.3 is 15.0 Å². The molecule has 1 aliphatic rings. The lowest BCUT2D eigenvalue weighted by Crippen LogP contribution is -2.32. The summed E-state index contributed by atoms with van der Waals surface area (Å²) in [6.07, 6.45) is 3.63. The summed E-state index contributed by atoms with van der Waals surface area (Å²) in [7, 11) is 1.66. The van der Waals surface area contributed by atoms with E-state index in [9.17, 15) is 0 Å². The first-order valence-electron chi connectivity index (χ1n) is 9.97. The molecular weight excluding hydrogens is 432 g/mol. The van der Waals surface area contributed by atoms with E-state index < -0.39 is 0 Å². The van der Waals surface area contributed by atoms with E-state index in [0.717, 1.165) is 53.1 Å². The third-order valence-corrected chi connectivity index (χ3v) is 6.40. The summed E-state index contributed by atoms with van der Waals surface area (Å²) in [6, 6.07) is 13.8. The Morgan fingerprint density at radius 2 is 1.97 bits per heavy atom. The Balaban J connectivity index is 1.49. The number of hydrogen-bond donors (Lipinski definition) is 1. The van der Waals surface area contributed by atoms with E-state index in [1.807, 2.05) is 52.7 Å². The van der Waals surface area contributed by atoms with Crippen LogP contribution in [0.1, 0.15) is 0 Å². The van der Waals surface area contributed by atoms with Crippen LogP contribution in [-0.2, 0) is 0 Å². The lowest BCUT2D eigenvalue weighted by atomic mass is 10.2. The molecule has 4 aromatic rings. The molecule has 5 rings (SSSR count). The summed E-state index contributed by atoms with van der Waals surface area (Å²) >= 11 is 8.42. The van der Waals surface area contributed by atoms with Crippen molar-refractivity contribution in [3.63, 3.8) is 0 Å². The summed E-state index contributed by atoms with van der Waals surface area (Å²) < 4.78 is 7.48. The zero-order chi connectivity index (χ0) is 21.2. The van der Waals surface area contributed by atoms with Crippen molar-refractivity contribution in [2.45, 2.75) is 0 Å². The number of benzene rings is 1. The molecule has 1 fully saturated rings. The number of anilines is 3. The first kappa shape index (κ1) is 20.0. The van der Waals surface area contributed by atoms with Crippen LogP contribution in [0.3, 0.4) is 0 Å². The van der Waals surface area contributed by atoms with Gasteiger partial charge in [0.15, 0.2) is 5.15 Å². The van der Waals surface area contributed by atoms with Crippen molar-refractivity contribution in [1.29, 1.82) is 0 Å². The monoisotopic (exact) mass is 452 g/mol. The van der Waals surface area contributed by atoms with E-state index in [1.54, 1.807) is 13.3 Å². The predicted molar refractivity (Wildman–Crippen MR) is 127 cm³/mol. The van der Waals surface area contributed by atoms with Crippen LogP contribution in [0.5, 0.6) is 5.75 Å². The van der Waals surface area contributed by atoms with Crippen LogP contribution in [0.25, 0.3) is 17.0 Å². The van der Waals surface area contributed by atoms with Gasteiger partial charge in [-0.3, -0.25) is 4.40 Å². The fourth-order valence-electron chi connectivity index (χ4n) is 3.68. The molecule has 0 spiro atoms. The topological polar surface area (TPSA) is 67.6 Å². The second-order valence-electron chi connectivity index (χ2n) is 7.05. The number of fused-ring (bicyclic) bond motifs is 1. The van der Waals surface area contributed by atoms with Gasteiger partial charge in [-0.25, -0.2) is 15.0 Å². The van der Waals surface area contributed by atoms with Crippen molar-refractivity contribution in [1.82, 2.24) is 19.4 Å². The molecule has 0 atom stereocenters. The molecule has 158 valence electrons. The molecule has 0 unspecified atom stereocenters. The Hall–Kier alpha value is -2.97. The van der Waals surface area contributed by atoms with Gasteiger partial charge in [-0.15, -0.1) is 0 Å². The number of ether oxygens (including phenoxy) is 1. The van der Waals surface area contributed by atoms with Crippen molar-refractivity contribution in [3.8, 4) is 17.1 Å². The van der Waals surface area contributed by atoms with Crippen LogP contribution in [-0.4, -0.2) is 51.1 Å². The molecular formula is C22H21ClN6OS. The van der Waals surface area contributed by atoms with Gasteiger partial charge in [0.1, 0.15) is 17.1 Å². The zero-order valence-corrected chi connectivity index (χ0v) is 18.5. The maximum Gasteiger partial charge on any atom is 0.227 e. The van der Waals surface area contributed by atoms with E-state index in [2.05, 4.69) is 32.3 Å². The predicted octanol–water partition coefficient (Wildman–Crippen LogP) is 4.75. The first-order chi connectivity index (χ1) is 15.2. The minimum Gasteiger partial charge on any atom is -0.495 e. The average Bonchev–Trinajstić information content (AvgIpc) is 3.15. The van der Waals surface area contributed by atoms with Crippen LogP contribution in [0.2, 0.25) is 5.15 Å². The van der Waals surface area contributed by atoms with E-state index in [-0.39, 0.29) is 0 Å². The molecule has 1 saturated heterocycles. The summed E-state index contributed by atoms with van der Waals surface area (Å²) in [5, 5.41) is 3.72. The number of hydrogen-bond acceptors (Lipinski definition) is 7. The smallest absolute Gasteiger partial charge is 0.227 e. The Kier molecular flexibility index (Phi) is 5.57. The van der Waals surface area contributed by atoms with Gasteiger partial charge in [0.2, 0.25) is 5.95 Å². The van der Waals surface area contributed by atoms with Crippen LogP contribution in [0.4, 0.5) is 17.3 Å². The third-order valence-electron chi connectivity index (χ3n) is 5.19. The lowest BCUT2D eigenvalue weighted by Gasteiger charge is -2.29. The minimum absolute atomic E-state index is 0.401. The second kappa shape index (κ2) is 8.64. The quantitative estimate of drug-likeness (QED) is 0.468. The number of aromatic nitrogens is 4. The summed E-state index contributed by atoms with van der Waals surface area (Å²) in [5.41, 5.74) is 4.16. The highest BCUT2D eigenvalue weighted by Crippen LogP contribution is 2.33. The van der Waals surface area contributed by atoms with Crippen molar-refractivity contribution >= 4 is 46.3 Å². The van der Waals surface area contributed by atoms with Gasteiger partial charge in [-0.2, -0.15) is 11.8 Å². The standard InChI is InChI=1S/C22H21ClN6OS/c1-30-18-6-5-15(28-10-12-31-13-11-28)14-17(18)26-22-24-8-7-16(25-22)20-21(23)27-19-4-2-3-9-29(19)20/h2-9,14H,10-13H2,1H3,(H,24,25,26). The second-order valence-corrected chi connectivity index (χ2v) is 8.64. The first-order valence-corrected chi connectivity index (χ1v) is 11.5. The van der Waals surface area contributed by atoms with E-state index in [4.69, 9.17) is 21.3 Å². The zero-order valence-electron chi connectivity index (χ0n) is 17.0. The number of imidazole rings is 1. The van der Waals surface area contributed by atoms with E-state index in [1.165, 1.54) is 0 Å². The SMILES string of the molecule is COc1ccc(N2CCSCC2)cc1Nc1nccc(-c2c(Cl)nc3ccccn23)n1. The van der Waals surface area contributed by atoms with Crippen molar-refractivity contribution in [2.24, 2.45) is 0 Å². The summed E-state index contributed by atoms with van der Waals surface area (Å²) in [5.74, 6) is 3.47. The summed E-state index contributed by atoms with van der Waals surface area (Å²) in [4.78, 5) is 15.9. The molecule has 0 amide bonds. The molecule has 3 aromatic heterocycles. The Morgan fingerprint density at radius 1 is 1.10 bits per heavy atom. The van der Waals surface area contributed by atoms with Gasteiger partial charge in [0.05, 0.1) is 18.5 Å². The van der Waals surface area contributed by atoms with Crippen LogP contribution in [0, 0.1) is 0 Å². The molecule has 7 nitrogen and oxygen atoms in total. The molecule has 1 aliphatic heterocycles. The highest BCUT2D eigenvalue weighted by Gasteiger charge is 2.16. The van der Waals surface area contributed by atoms with E-state index >= 15 is 0 Å². The fraction of sp³-hybridized carbons (Fsp3) is 0.227. The molecule has 9 heteroatoms. The highest BCUT2D eigenvalue weighted by molar-refractivity contribution is 7.99. The normalized spacial score (nSPS) is 14.1. The number of pyridine rings is 1. The van der Waals surface area contributed by atoms with Crippen LogP contribution < -0.4 is 15.0 Å². The Morgan fingerprint density at radius 3 is 2.81 bits per heavy atom. The summed E-state index contributed by atoms with van der Waals surface area (Å²) in [6.45, 7) is 2.07. The van der Waals surface area contributed by atoms with Crippen LogP contribution in [0.15, 0.2) is 54.9 Å². The Labute approximate surface area is 189 Å². The molecule has 4 heterocycles. The largest absolute Gasteiger partial charge is 0.495 e. The molecule has 1 aromatic carbocycles. The van der Waals surface area contributed by atoms with Crippen molar-refractivity contribution in [3.05, 3.63) is 60.0 Å². The highest BCUT2D eigenvalue weighted by atomic mass is 35.5.